The maximum Gasteiger partial charge on any atom is 0.0541 e. The van der Waals surface area contributed by atoms with Gasteiger partial charge in [-0.15, -0.1) is 0 Å². The molecule has 0 fully saturated rings. The van der Waals surface area contributed by atoms with Crippen LogP contribution >= 0.6 is 0 Å². The fourth-order valence-electron chi connectivity index (χ4n) is 10.3. The van der Waals surface area contributed by atoms with Crippen molar-refractivity contribution in [2.75, 3.05) is 4.90 Å². The molecule has 12 rings (SSSR count). The van der Waals surface area contributed by atoms with Gasteiger partial charge in [-0.1, -0.05) is 172 Å². The summed E-state index contributed by atoms with van der Waals surface area (Å²) in [5, 5.41) is 7.48. The van der Waals surface area contributed by atoms with E-state index in [0.29, 0.717) is 0 Å². The van der Waals surface area contributed by atoms with Gasteiger partial charge in [-0.3, -0.25) is 0 Å². The fraction of sp³-hybridized carbons (Fsp3) is 0.0508. The first-order chi connectivity index (χ1) is 30.0. The Morgan fingerprint density at radius 1 is 0.361 bits per heavy atom. The number of rotatable bonds is 6. The quantitative estimate of drug-likeness (QED) is 0.153. The first-order valence-electron chi connectivity index (χ1n) is 21.3. The van der Waals surface area contributed by atoms with Crippen molar-refractivity contribution in [3.8, 4) is 39.1 Å². The van der Waals surface area contributed by atoms with Crippen LogP contribution in [0.4, 0.5) is 17.1 Å². The van der Waals surface area contributed by atoms with E-state index >= 15 is 0 Å². The number of hydrogen-bond donors (Lipinski definition) is 0. The van der Waals surface area contributed by atoms with Crippen molar-refractivity contribution >= 4 is 60.4 Å². The molecule has 0 amide bonds. The highest BCUT2D eigenvalue weighted by Crippen LogP contribution is 2.52. The Hall–Kier alpha value is -7.68. The van der Waals surface area contributed by atoms with Crippen LogP contribution in [-0.4, -0.2) is 4.57 Å². The highest BCUT2D eigenvalue weighted by atomic mass is 15.1. The van der Waals surface area contributed by atoms with Crippen molar-refractivity contribution < 1.29 is 0 Å². The lowest BCUT2D eigenvalue weighted by atomic mass is 9.82. The lowest BCUT2D eigenvalue weighted by Crippen LogP contribution is -2.17. The molecule has 0 bridgehead atoms. The highest BCUT2D eigenvalue weighted by Gasteiger charge is 2.36. The van der Waals surface area contributed by atoms with Crippen LogP contribution in [0, 0.1) is 0 Å². The minimum absolute atomic E-state index is 0.137. The van der Waals surface area contributed by atoms with Crippen molar-refractivity contribution in [3.05, 3.63) is 230 Å². The summed E-state index contributed by atoms with van der Waals surface area (Å²) in [6.07, 6.45) is 0. The number of nitrogens with zero attached hydrogens (tertiary/aromatic N) is 2. The van der Waals surface area contributed by atoms with E-state index in [4.69, 9.17) is 0 Å². The minimum Gasteiger partial charge on any atom is -0.310 e. The van der Waals surface area contributed by atoms with E-state index in [1.165, 1.54) is 82.3 Å². The monoisotopic (exact) mass is 778 g/mol. The third kappa shape index (κ3) is 5.42. The molecule has 0 radical (unpaired) electrons. The molecule has 1 aromatic heterocycles. The van der Waals surface area contributed by atoms with Gasteiger partial charge in [-0.25, -0.2) is 0 Å². The molecule has 0 unspecified atom stereocenters. The molecular weight excluding hydrogens is 737 g/mol. The standard InChI is InChI=1S/C59H42N2/c1-59(2)53-28-14-10-25-47(53)48-34-33-42(38-54(48)59)60(41-19-4-3-5-20-41)58-35-32-40(37-52(58)51-36-39-18-6-7-21-43(39)45-23-8-9-24-46(45)51)44-22-11-15-29-55(44)61-56-30-16-12-26-49(56)50-27-13-17-31-57(50)61/h3-38H,1-2H3. The van der Waals surface area contributed by atoms with Gasteiger partial charge in [-0.05, 0) is 116 Å². The molecule has 0 N–H and O–H groups in total. The summed E-state index contributed by atoms with van der Waals surface area (Å²) in [5.41, 5.74) is 16.9. The Kier molecular flexibility index (Phi) is 7.92. The third-order valence-electron chi connectivity index (χ3n) is 13.2. The maximum absolute atomic E-state index is 2.47. The van der Waals surface area contributed by atoms with Crippen molar-refractivity contribution in [3.63, 3.8) is 0 Å². The molecular formula is C59H42N2. The molecule has 2 heteroatoms. The van der Waals surface area contributed by atoms with Gasteiger partial charge in [0, 0.05) is 38.7 Å². The van der Waals surface area contributed by atoms with Crippen LogP contribution in [0.3, 0.4) is 0 Å². The fourth-order valence-corrected chi connectivity index (χ4v) is 10.3. The van der Waals surface area contributed by atoms with Gasteiger partial charge in [0.25, 0.3) is 0 Å². The largest absolute Gasteiger partial charge is 0.310 e. The normalized spacial score (nSPS) is 12.9. The van der Waals surface area contributed by atoms with E-state index in [-0.39, 0.29) is 5.41 Å². The second-order valence-corrected chi connectivity index (χ2v) is 16.9. The molecule has 0 spiro atoms. The number of para-hydroxylation sites is 4. The van der Waals surface area contributed by atoms with Crippen molar-refractivity contribution in [1.82, 2.24) is 4.57 Å². The van der Waals surface area contributed by atoms with Gasteiger partial charge < -0.3 is 9.47 Å². The Morgan fingerprint density at radius 3 is 1.72 bits per heavy atom. The van der Waals surface area contributed by atoms with Crippen LogP contribution in [0.2, 0.25) is 0 Å². The SMILES string of the molecule is CC1(C)c2ccccc2-c2ccc(N(c3ccccc3)c3ccc(-c4ccccc4-n4c5ccccc5c5ccccc54)cc3-c3cc4ccccc4c4ccccc34)cc21. The van der Waals surface area contributed by atoms with Crippen LogP contribution < -0.4 is 4.90 Å². The van der Waals surface area contributed by atoms with Crippen LogP contribution in [0.25, 0.3) is 82.4 Å². The summed E-state index contributed by atoms with van der Waals surface area (Å²) < 4.78 is 2.44. The molecule has 1 heterocycles. The average molecular weight is 779 g/mol. The van der Waals surface area contributed by atoms with E-state index in [2.05, 4.69) is 242 Å². The summed E-state index contributed by atoms with van der Waals surface area (Å²) in [4.78, 5) is 2.47. The summed E-state index contributed by atoms with van der Waals surface area (Å²) in [7, 11) is 0. The van der Waals surface area contributed by atoms with E-state index < -0.39 is 0 Å². The number of anilines is 3. The molecule has 2 nitrogen and oxygen atoms in total. The Labute approximate surface area is 356 Å². The van der Waals surface area contributed by atoms with E-state index in [1.54, 1.807) is 0 Å². The minimum atomic E-state index is -0.137. The third-order valence-corrected chi connectivity index (χ3v) is 13.2. The maximum atomic E-state index is 2.47. The predicted molar refractivity (Wildman–Crippen MR) is 259 cm³/mol. The van der Waals surface area contributed by atoms with Crippen LogP contribution in [0.1, 0.15) is 25.0 Å². The van der Waals surface area contributed by atoms with Crippen molar-refractivity contribution in [2.24, 2.45) is 0 Å². The molecule has 1 aliphatic carbocycles. The van der Waals surface area contributed by atoms with Crippen molar-refractivity contribution in [1.29, 1.82) is 0 Å². The van der Waals surface area contributed by atoms with Gasteiger partial charge in [0.2, 0.25) is 0 Å². The van der Waals surface area contributed by atoms with Gasteiger partial charge >= 0.3 is 0 Å². The number of aromatic nitrogens is 1. The first-order valence-corrected chi connectivity index (χ1v) is 21.3. The molecule has 0 atom stereocenters. The summed E-state index contributed by atoms with van der Waals surface area (Å²) in [6, 6.07) is 80.6. The van der Waals surface area contributed by atoms with E-state index in [9.17, 15) is 0 Å². The Bertz CT molecular complexity index is 3460. The van der Waals surface area contributed by atoms with Gasteiger partial charge in [0.15, 0.2) is 0 Å². The zero-order chi connectivity index (χ0) is 40.7. The molecule has 10 aromatic carbocycles. The zero-order valence-corrected chi connectivity index (χ0v) is 34.2. The predicted octanol–water partition coefficient (Wildman–Crippen LogP) is 16.2. The molecule has 0 saturated heterocycles. The molecule has 11 aromatic rings. The lowest BCUT2D eigenvalue weighted by molar-refractivity contribution is 0.660. The zero-order valence-electron chi connectivity index (χ0n) is 34.2. The Balaban J connectivity index is 1.15. The Morgan fingerprint density at radius 2 is 0.951 bits per heavy atom. The van der Waals surface area contributed by atoms with E-state index in [1.807, 2.05) is 0 Å². The summed E-state index contributed by atoms with van der Waals surface area (Å²) in [6.45, 7) is 4.73. The topological polar surface area (TPSA) is 8.17 Å². The van der Waals surface area contributed by atoms with Crippen LogP contribution in [0.15, 0.2) is 218 Å². The van der Waals surface area contributed by atoms with Crippen molar-refractivity contribution in [2.45, 2.75) is 19.3 Å². The van der Waals surface area contributed by atoms with Crippen LogP contribution in [-0.2, 0) is 5.41 Å². The number of benzene rings is 10. The number of fused-ring (bicyclic) bond motifs is 9. The number of hydrogen-bond acceptors (Lipinski definition) is 1. The van der Waals surface area contributed by atoms with Gasteiger partial charge in [0.05, 0.1) is 22.4 Å². The molecule has 1 aliphatic rings. The highest BCUT2D eigenvalue weighted by molar-refractivity contribution is 6.15. The summed E-state index contributed by atoms with van der Waals surface area (Å²) in [5.74, 6) is 0. The summed E-state index contributed by atoms with van der Waals surface area (Å²) >= 11 is 0. The van der Waals surface area contributed by atoms with Gasteiger partial charge in [0.1, 0.15) is 0 Å². The smallest absolute Gasteiger partial charge is 0.0541 e. The second-order valence-electron chi connectivity index (χ2n) is 16.9. The molecule has 0 saturated carbocycles. The molecule has 288 valence electrons. The average Bonchev–Trinajstić information content (AvgIpc) is 3.77. The van der Waals surface area contributed by atoms with Crippen LogP contribution in [0.5, 0.6) is 0 Å². The van der Waals surface area contributed by atoms with Gasteiger partial charge in [-0.2, -0.15) is 0 Å². The first kappa shape index (κ1) is 35.3. The molecule has 0 aliphatic heterocycles. The lowest BCUT2D eigenvalue weighted by Gasteiger charge is -2.30. The second kappa shape index (κ2) is 13.7. The van der Waals surface area contributed by atoms with E-state index in [0.717, 1.165) is 28.3 Å². The molecule has 61 heavy (non-hydrogen) atoms.